The first kappa shape index (κ1) is 34.8. The third kappa shape index (κ3) is 5.95. The number of nitrogens with one attached hydrogen (secondary N) is 2. The number of anilines is 1. The number of rotatable bonds is 7. The van der Waals surface area contributed by atoms with Crippen LogP contribution in [0.25, 0.3) is 0 Å². The molecule has 2 aromatic rings. The monoisotopic (exact) mass is 686 g/mol. The van der Waals surface area contributed by atoms with Crippen LogP contribution in [0.5, 0.6) is 0 Å². The van der Waals surface area contributed by atoms with Gasteiger partial charge in [-0.3, -0.25) is 4.79 Å². The van der Waals surface area contributed by atoms with E-state index in [2.05, 4.69) is 10.6 Å². The zero-order valence-electron chi connectivity index (χ0n) is 27.3. The Morgan fingerprint density at radius 1 is 0.980 bits per heavy atom. The van der Waals surface area contributed by atoms with Crippen molar-refractivity contribution in [2.75, 3.05) is 11.9 Å². The van der Waals surface area contributed by atoms with Gasteiger partial charge in [0.2, 0.25) is 0 Å². The molecule has 5 atom stereocenters. The van der Waals surface area contributed by atoms with Crippen LogP contribution >= 0.6 is 0 Å². The second kappa shape index (κ2) is 12.7. The van der Waals surface area contributed by atoms with Gasteiger partial charge in [-0.25, -0.2) is 9.59 Å². The summed E-state index contributed by atoms with van der Waals surface area (Å²) in [5, 5.41) is 16.9. The number of ether oxygens (including phenoxy) is 1. The number of halogens is 5. The molecule has 2 fully saturated rings. The number of benzene rings is 2. The molecule has 0 spiro atoms. The van der Waals surface area contributed by atoms with Crippen LogP contribution in [0.3, 0.4) is 0 Å². The van der Waals surface area contributed by atoms with Crippen LogP contribution in [0.2, 0.25) is 0 Å². The van der Waals surface area contributed by atoms with E-state index in [9.17, 15) is 32.7 Å². The fourth-order valence-electron chi connectivity index (χ4n) is 8.84. The van der Waals surface area contributed by atoms with Gasteiger partial charge in [0.15, 0.2) is 5.78 Å². The first-order chi connectivity index (χ1) is 23.1. The Hall–Kier alpha value is -4.06. The zero-order valence-corrected chi connectivity index (χ0v) is 27.3. The van der Waals surface area contributed by atoms with Crippen LogP contribution in [0, 0.1) is 17.3 Å². The number of alkyl halides is 5. The lowest BCUT2D eigenvalue weighted by Crippen LogP contribution is -2.65. The van der Waals surface area contributed by atoms with Crippen molar-refractivity contribution in [3.63, 3.8) is 0 Å². The van der Waals surface area contributed by atoms with Gasteiger partial charge in [-0.1, -0.05) is 36.8 Å². The number of urea groups is 1. The number of allylic oxidation sites excluding steroid dienone is 4. The van der Waals surface area contributed by atoms with Gasteiger partial charge in [0.25, 0.3) is 0 Å². The number of amides is 2. The van der Waals surface area contributed by atoms with Crippen molar-refractivity contribution in [2.24, 2.45) is 17.3 Å². The molecular formula is C37H39F5N2O5. The van der Waals surface area contributed by atoms with Gasteiger partial charge in [-0.2, -0.15) is 22.0 Å². The van der Waals surface area contributed by atoms with Crippen molar-refractivity contribution in [1.82, 2.24) is 5.32 Å². The SMILES string of the molecule is CCOC(=O)c1ccc(NC(=O)NCc2ccc([C@H]3C[C@@]4(C)C(CC[C@@]4(O)C(F)(F)C(F)(F)F)C4CCC5=CC(=O)CCC5=C43)cc2)cc1. The maximum Gasteiger partial charge on any atom is 0.456 e. The molecule has 6 rings (SSSR count). The van der Waals surface area contributed by atoms with Gasteiger partial charge in [0.05, 0.1) is 12.2 Å². The molecule has 0 heterocycles. The molecule has 3 N–H and O–H groups in total. The first-order valence-electron chi connectivity index (χ1n) is 16.6. The summed E-state index contributed by atoms with van der Waals surface area (Å²) in [6.45, 7) is 3.48. The van der Waals surface area contributed by atoms with Crippen molar-refractivity contribution in [2.45, 2.75) is 89.0 Å². The lowest BCUT2D eigenvalue weighted by Gasteiger charge is -2.56. The molecule has 2 aromatic carbocycles. The molecule has 0 radical (unpaired) electrons. The predicted octanol–water partition coefficient (Wildman–Crippen LogP) is 8.01. The van der Waals surface area contributed by atoms with Crippen molar-refractivity contribution >= 4 is 23.5 Å². The molecule has 0 aromatic heterocycles. The summed E-state index contributed by atoms with van der Waals surface area (Å²) >= 11 is 0. The summed E-state index contributed by atoms with van der Waals surface area (Å²) in [4.78, 5) is 36.7. The Labute approximate surface area is 281 Å². The summed E-state index contributed by atoms with van der Waals surface area (Å²) in [6.07, 6.45) is -3.15. The highest BCUT2D eigenvalue weighted by molar-refractivity contribution is 5.93. The second-order valence-electron chi connectivity index (χ2n) is 13.8. The lowest BCUT2D eigenvalue weighted by atomic mass is 9.50. The van der Waals surface area contributed by atoms with Gasteiger partial charge < -0.3 is 20.5 Å². The highest BCUT2D eigenvalue weighted by atomic mass is 19.4. The van der Waals surface area contributed by atoms with E-state index in [4.69, 9.17) is 4.74 Å². The summed E-state index contributed by atoms with van der Waals surface area (Å²) < 4.78 is 76.9. The Balaban J connectivity index is 1.25. The number of carbonyl (C=O) groups excluding carboxylic acids is 3. The fraction of sp³-hybridized carbons (Fsp3) is 0.486. The van der Waals surface area contributed by atoms with E-state index in [-0.39, 0.29) is 37.7 Å². The normalized spacial score (nSPS) is 28.2. The van der Waals surface area contributed by atoms with Crippen LogP contribution in [0.4, 0.5) is 32.4 Å². The van der Waals surface area contributed by atoms with Crippen LogP contribution in [-0.2, 0) is 16.1 Å². The molecule has 49 heavy (non-hydrogen) atoms. The van der Waals surface area contributed by atoms with Gasteiger partial charge in [-0.05, 0) is 110 Å². The van der Waals surface area contributed by atoms with Gasteiger partial charge in [0, 0.05) is 30.0 Å². The van der Waals surface area contributed by atoms with Crippen LogP contribution in [0.15, 0.2) is 71.3 Å². The average molecular weight is 687 g/mol. The number of esters is 1. The highest BCUT2D eigenvalue weighted by Crippen LogP contribution is 2.70. The number of aliphatic hydroxyl groups is 1. The minimum atomic E-state index is -5.91. The molecule has 4 aliphatic rings. The Morgan fingerprint density at radius 2 is 1.67 bits per heavy atom. The minimum Gasteiger partial charge on any atom is -0.462 e. The Bertz CT molecular complexity index is 1700. The topological polar surface area (TPSA) is 105 Å². The quantitative estimate of drug-likeness (QED) is 0.202. The second-order valence-corrected chi connectivity index (χ2v) is 13.8. The maximum atomic E-state index is 15.2. The molecule has 262 valence electrons. The van der Waals surface area contributed by atoms with Crippen LogP contribution in [0.1, 0.15) is 86.2 Å². The Morgan fingerprint density at radius 3 is 2.33 bits per heavy atom. The van der Waals surface area contributed by atoms with Crippen molar-refractivity contribution in [3.05, 3.63) is 88.0 Å². The van der Waals surface area contributed by atoms with Crippen molar-refractivity contribution < 1.29 is 46.2 Å². The van der Waals surface area contributed by atoms with E-state index in [1.165, 1.54) is 19.1 Å². The molecule has 0 saturated heterocycles. The summed E-state index contributed by atoms with van der Waals surface area (Å²) in [7, 11) is 0. The van der Waals surface area contributed by atoms with Crippen molar-refractivity contribution in [1.29, 1.82) is 0 Å². The van der Waals surface area contributed by atoms with Crippen LogP contribution < -0.4 is 10.6 Å². The van der Waals surface area contributed by atoms with Gasteiger partial charge >= 0.3 is 24.1 Å². The van der Waals surface area contributed by atoms with E-state index >= 15 is 8.78 Å². The van der Waals surface area contributed by atoms with E-state index in [0.717, 1.165) is 22.3 Å². The largest absolute Gasteiger partial charge is 0.462 e. The van der Waals surface area contributed by atoms with Gasteiger partial charge in [-0.15, -0.1) is 0 Å². The predicted molar refractivity (Wildman–Crippen MR) is 171 cm³/mol. The van der Waals surface area contributed by atoms with E-state index < -0.39 is 53.4 Å². The molecule has 2 amide bonds. The zero-order chi connectivity index (χ0) is 35.4. The molecule has 0 aliphatic heterocycles. The Kier molecular flexibility index (Phi) is 9.00. The van der Waals surface area contributed by atoms with E-state index in [1.54, 1.807) is 49.4 Å². The lowest BCUT2D eigenvalue weighted by molar-refractivity contribution is -0.362. The maximum absolute atomic E-state index is 15.2. The van der Waals surface area contributed by atoms with Gasteiger partial charge in [0.1, 0.15) is 5.60 Å². The van der Waals surface area contributed by atoms with E-state index in [1.807, 2.05) is 0 Å². The third-order valence-corrected chi connectivity index (χ3v) is 11.3. The molecule has 0 bridgehead atoms. The number of fused-ring (bicyclic) bond motifs is 4. The third-order valence-electron chi connectivity index (χ3n) is 11.3. The molecule has 2 saturated carbocycles. The summed E-state index contributed by atoms with van der Waals surface area (Å²) in [5.74, 6) is -7.18. The van der Waals surface area contributed by atoms with E-state index in [0.29, 0.717) is 42.5 Å². The fourth-order valence-corrected chi connectivity index (χ4v) is 8.84. The molecule has 12 heteroatoms. The number of hydrogen-bond donors (Lipinski definition) is 3. The first-order valence-corrected chi connectivity index (χ1v) is 16.6. The molecule has 2 unspecified atom stereocenters. The summed E-state index contributed by atoms with van der Waals surface area (Å²) in [6, 6.07) is 12.9. The van der Waals surface area contributed by atoms with Crippen molar-refractivity contribution in [3.8, 4) is 0 Å². The van der Waals surface area contributed by atoms with Crippen LogP contribution in [-0.4, -0.2) is 47.2 Å². The summed E-state index contributed by atoms with van der Waals surface area (Å²) in [5.41, 5.74) is 0.141. The number of ketones is 1. The smallest absolute Gasteiger partial charge is 0.456 e. The highest BCUT2D eigenvalue weighted by Gasteiger charge is 2.79. The minimum absolute atomic E-state index is 0.0182. The molecule has 7 nitrogen and oxygen atoms in total. The average Bonchev–Trinajstić information content (AvgIpc) is 3.34. The number of carbonyl (C=O) groups is 3. The standard InChI is InChI=1S/C37H39F5N2O5/c1-3-49-32(46)23-8-11-25(12-9-23)44-33(47)43-20-21-4-6-22(7-5-21)29-19-34(2)30(16-17-35(34,48)36(38,39)37(40,41)42)28-14-10-24-18-26(45)13-15-27(24)31(28)29/h4-9,11-12,18,28-30,48H,3,10,13-17,19-20H2,1-2H3,(H2,43,44,47)/t28?,29-,30?,34+,35+/m1/s1. The molecule has 4 aliphatic carbocycles. The number of hydrogen-bond acceptors (Lipinski definition) is 5. The molecular weight excluding hydrogens is 647 g/mol.